The molecule has 0 spiro atoms. The van der Waals surface area contributed by atoms with Crippen molar-refractivity contribution in [2.45, 2.75) is 19.8 Å². The first-order valence-electron chi connectivity index (χ1n) is 4.63. The van der Waals surface area contributed by atoms with Gasteiger partial charge in [0.25, 0.3) is 0 Å². The van der Waals surface area contributed by atoms with E-state index in [1.54, 1.807) is 5.37 Å². The number of benzene rings is 1. The van der Waals surface area contributed by atoms with Crippen LogP contribution in [0.1, 0.15) is 30.9 Å². The largest absolute Gasteiger partial charge is 0.198 e. The van der Waals surface area contributed by atoms with Gasteiger partial charge < -0.3 is 0 Å². The quantitative estimate of drug-likeness (QED) is 0.704. The Morgan fingerprint density at radius 2 is 1.86 bits per heavy atom. The van der Waals surface area contributed by atoms with E-state index < -0.39 is 0 Å². The van der Waals surface area contributed by atoms with Gasteiger partial charge in [0.05, 0.1) is 12.0 Å². The second-order valence-electron chi connectivity index (χ2n) is 3.64. The second kappa shape index (κ2) is 4.88. The Morgan fingerprint density at radius 3 is 2.21 bits per heavy atom. The number of hydrogen-bond acceptors (Lipinski definition) is 2. The fourth-order valence-electron chi connectivity index (χ4n) is 1.39. The third-order valence-electron chi connectivity index (χ3n) is 2.24. The standard InChI is InChI=1S/C12H13NS/c1-9(2)12(7-13)11-5-3-10(8-14)4-6-11/h3-6,8-9,12H,1-2H3. The molecule has 0 saturated carbocycles. The predicted octanol–water partition coefficient (Wildman–Crippen LogP) is 3.30. The van der Waals surface area contributed by atoms with Gasteiger partial charge in [-0.05, 0) is 17.0 Å². The lowest BCUT2D eigenvalue weighted by Gasteiger charge is -2.12. The van der Waals surface area contributed by atoms with E-state index in [1.165, 1.54) is 0 Å². The summed E-state index contributed by atoms with van der Waals surface area (Å²) in [6, 6.07) is 10.2. The zero-order chi connectivity index (χ0) is 10.6. The first-order valence-corrected chi connectivity index (χ1v) is 5.11. The van der Waals surface area contributed by atoms with Crippen molar-refractivity contribution >= 4 is 17.6 Å². The lowest BCUT2D eigenvalue weighted by Crippen LogP contribution is -2.03. The molecule has 14 heavy (non-hydrogen) atoms. The maximum atomic E-state index is 9.00. The summed E-state index contributed by atoms with van der Waals surface area (Å²) in [6.07, 6.45) is 0. The maximum Gasteiger partial charge on any atom is 0.0735 e. The zero-order valence-electron chi connectivity index (χ0n) is 8.40. The van der Waals surface area contributed by atoms with Crippen LogP contribution >= 0.6 is 12.2 Å². The van der Waals surface area contributed by atoms with E-state index in [-0.39, 0.29) is 5.92 Å². The number of hydrogen-bond donors (Lipinski definition) is 0. The molecular weight excluding hydrogens is 190 g/mol. The molecule has 0 fully saturated rings. The second-order valence-corrected chi connectivity index (χ2v) is 3.87. The van der Waals surface area contributed by atoms with E-state index in [0.717, 1.165) is 11.1 Å². The monoisotopic (exact) mass is 203 g/mol. The number of thiocarbonyl (C=S) groups is 1. The highest BCUT2D eigenvalue weighted by Gasteiger charge is 2.14. The summed E-state index contributed by atoms with van der Waals surface area (Å²) in [6.45, 7) is 4.11. The smallest absolute Gasteiger partial charge is 0.0735 e. The molecule has 0 heterocycles. The molecule has 0 radical (unpaired) electrons. The Bertz CT molecular complexity index is 346. The fraction of sp³-hybridized carbons (Fsp3) is 0.333. The molecule has 2 heteroatoms. The molecule has 0 aliphatic heterocycles. The molecule has 1 rings (SSSR count). The maximum absolute atomic E-state index is 9.00. The van der Waals surface area contributed by atoms with E-state index in [9.17, 15) is 0 Å². The predicted molar refractivity (Wildman–Crippen MR) is 62.4 cm³/mol. The van der Waals surface area contributed by atoms with Crippen molar-refractivity contribution in [2.24, 2.45) is 5.92 Å². The molecule has 0 aliphatic carbocycles. The first-order chi connectivity index (χ1) is 6.69. The molecule has 0 aromatic heterocycles. The minimum absolute atomic E-state index is 0.0193. The van der Waals surface area contributed by atoms with Crippen LogP contribution in [0.3, 0.4) is 0 Å². The van der Waals surface area contributed by atoms with Crippen LogP contribution in [0.5, 0.6) is 0 Å². The minimum Gasteiger partial charge on any atom is -0.198 e. The van der Waals surface area contributed by atoms with Gasteiger partial charge >= 0.3 is 0 Å². The summed E-state index contributed by atoms with van der Waals surface area (Å²) >= 11 is 4.82. The Labute approximate surface area is 90.4 Å². The lowest BCUT2D eigenvalue weighted by atomic mass is 9.89. The molecule has 0 amide bonds. The summed E-state index contributed by atoms with van der Waals surface area (Å²) < 4.78 is 0. The Morgan fingerprint density at radius 1 is 1.29 bits per heavy atom. The minimum atomic E-state index is -0.0193. The topological polar surface area (TPSA) is 23.8 Å². The SMILES string of the molecule is CC(C)C(C#N)c1ccc(C=S)cc1. The van der Waals surface area contributed by atoms with Crippen molar-refractivity contribution in [1.82, 2.24) is 0 Å². The summed E-state index contributed by atoms with van der Waals surface area (Å²) in [7, 11) is 0. The molecule has 1 aromatic rings. The van der Waals surface area contributed by atoms with Crippen molar-refractivity contribution in [3.05, 3.63) is 35.4 Å². The van der Waals surface area contributed by atoms with Gasteiger partial charge in [-0.15, -0.1) is 0 Å². The highest BCUT2D eigenvalue weighted by atomic mass is 32.1. The van der Waals surface area contributed by atoms with Crippen molar-refractivity contribution in [2.75, 3.05) is 0 Å². The average molecular weight is 203 g/mol. The van der Waals surface area contributed by atoms with Crippen molar-refractivity contribution in [1.29, 1.82) is 5.26 Å². The van der Waals surface area contributed by atoms with Crippen LogP contribution in [-0.2, 0) is 0 Å². The van der Waals surface area contributed by atoms with Crippen molar-refractivity contribution in [3.63, 3.8) is 0 Å². The molecule has 1 atom stereocenters. The van der Waals surface area contributed by atoms with E-state index in [1.807, 2.05) is 24.3 Å². The van der Waals surface area contributed by atoms with Crippen LogP contribution in [0.2, 0.25) is 0 Å². The van der Waals surface area contributed by atoms with Gasteiger partial charge in [0.2, 0.25) is 0 Å². The number of nitrogens with zero attached hydrogens (tertiary/aromatic N) is 1. The Hall–Kier alpha value is -1.20. The summed E-state index contributed by atoms with van der Waals surface area (Å²) in [4.78, 5) is 0. The molecule has 0 saturated heterocycles. The van der Waals surface area contributed by atoms with Crippen molar-refractivity contribution in [3.8, 4) is 6.07 Å². The van der Waals surface area contributed by atoms with Crippen LogP contribution in [0, 0.1) is 17.2 Å². The number of rotatable bonds is 3. The summed E-state index contributed by atoms with van der Waals surface area (Å²) in [5, 5.41) is 10.6. The molecule has 0 aliphatic rings. The molecule has 0 N–H and O–H groups in total. The molecular formula is C12H13NS. The highest BCUT2D eigenvalue weighted by molar-refractivity contribution is 7.79. The Kier molecular flexibility index (Phi) is 3.79. The van der Waals surface area contributed by atoms with Crippen LogP contribution in [0.25, 0.3) is 0 Å². The van der Waals surface area contributed by atoms with E-state index >= 15 is 0 Å². The van der Waals surface area contributed by atoms with Crippen LogP contribution in [-0.4, -0.2) is 5.37 Å². The highest BCUT2D eigenvalue weighted by Crippen LogP contribution is 2.23. The molecule has 1 unspecified atom stereocenters. The third-order valence-corrected chi connectivity index (χ3v) is 2.51. The normalized spacial score (nSPS) is 12.1. The van der Waals surface area contributed by atoms with Gasteiger partial charge in [-0.25, -0.2) is 0 Å². The van der Waals surface area contributed by atoms with Gasteiger partial charge in [0.1, 0.15) is 0 Å². The zero-order valence-corrected chi connectivity index (χ0v) is 9.21. The van der Waals surface area contributed by atoms with Crippen LogP contribution < -0.4 is 0 Å². The fourth-order valence-corrected chi connectivity index (χ4v) is 1.55. The molecule has 0 bridgehead atoms. The Balaban J connectivity index is 2.96. The molecule has 72 valence electrons. The van der Waals surface area contributed by atoms with Gasteiger partial charge in [-0.3, -0.25) is 0 Å². The van der Waals surface area contributed by atoms with Gasteiger partial charge in [-0.1, -0.05) is 50.3 Å². The van der Waals surface area contributed by atoms with Gasteiger partial charge in [0.15, 0.2) is 0 Å². The van der Waals surface area contributed by atoms with Gasteiger partial charge in [0, 0.05) is 5.37 Å². The van der Waals surface area contributed by atoms with Crippen molar-refractivity contribution < 1.29 is 0 Å². The van der Waals surface area contributed by atoms with Gasteiger partial charge in [-0.2, -0.15) is 5.26 Å². The summed E-state index contributed by atoms with van der Waals surface area (Å²) in [5.74, 6) is 0.326. The first kappa shape index (κ1) is 10.9. The summed E-state index contributed by atoms with van der Waals surface area (Å²) in [5.41, 5.74) is 2.09. The van der Waals surface area contributed by atoms with Crippen LogP contribution in [0.4, 0.5) is 0 Å². The van der Waals surface area contributed by atoms with E-state index in [0.29, 0.717) is 5.92 Å². The lowest BCUT2D eigenvalue weighted by molar-refractivity contribution is 0.587. The number of nitriles is 1. The average Bonchev–Trinajstić information content (AvgIpc) is 2.19. The van der Waals surface area contributed by atoms with E-state index in [4.69, 9.17) is 17.5 Å². The molecule has 1 aromatic carbocycles. The third kappa shape index (κ3) is 2.40. The van der Waals surface area contributed by atoms with Crippen LogP contribution in [0.15, 0.2) is 24.3 Å². The molecule has 1 nitrogen and oxygen atoms in total. The van der Waals surface area contributed by atoms with E-state index in [2.05, 4.69) is 19.9 Å².